The quantitative estimate of drug-likeness (QED) is 0.0365. The summed E-state index contributed by atoms with van der Waals surface area (Å²) in [6.45, 7) is 8.63. The molecule has 129 heavy (non-hydrogen) atoms. The van der Waals surface area contributed by atoms with Crippen molar-refractivity contribution < 1.29 is 96.8 Å². The molecule has 6 aliphatic heterocycles. The molecule has 6 unspecified atom stereocenters. The van der Waals surface area contributed by atoms with Crippen molar-refractivity contribution in [1.29, 1.82) is 0 Å². The monoisotopic (exact) mass is 2170 g/mol. The first kappa shape index (κ1) is 110. The minimum absolute atomic E-state index is 0.0176. The summed E-state index contributed by atoms with van der Waals surface area (Å²) in [6.07, 6.45) is 11.2. The number of anilines is 6. The lowest BCUT2D eigenvalue weighted by Crippen LogP contribution is -2.44. The van der Waals surface area contributed by atoms with Gasteiger partial charge < -0.3 is 31.9 Å². The Morgan fingerprint density at radius 2 is 0.543 bits per heavy atom. The highest BCUT2D eigenvalue weighted by molar-refractivity contribution is 9.11. The van der Waals surface area contributed by atoms with Crippen LogP contribution in [0.5, 0.6) is 0 Å². The summed E-state index contributed by atoms with van der Waals surface area (Å²) < 4.78 is 203. The predicted molar refractivity (Wildman–Crippen MR) is 504 cm³/mol. The van der Waals surface area contributed by atoms with Crippen LogP contribution in [0.1, 0.15) is 97.8 Å². The molecule has 0 spiro atoms. The summed E-state index contributed by atoms with van der Waals surface area (Å²) in [4.78, 5) is 73.4. The number of nitrogens with one attached hydrogen (secondary N) is 6. The first-order valence-electron chi connectivity index (χ1n) is 40.7. The highest BCUT2D eigenvalue weighted by atomic mass is 79.9. The molecule has 6 N–H and O–H groups in total. The Hall–Kier alpha value is -5.98. The number of carbonyl (C=O) groups excluding carboxylic acids is 6. The SMILES string of the molecule is CCS(=O)(=O)N1CCCC(C(=O)Nc2ccc(Cl)c(Cl)c2)C1.CCS(=O)(=O)N1CCCC(C(=O)Nc2ccc(Cl)c(F)c2)C1.CCS(=O)(=O)N1CCCC(C(=O)Nc2ccc(F)c(Cl)c2)C1.CS(=O)(=O)N1CCCC(C(=O)Nc2ccc(Br)c(Cl)c2)C1.CS(=O)(=O)N1CCCC(C(=O)Nc2ccc(Cl)c(Br)c2)C1.CS(=O)(=O)N1CCCC(C(=O)Nc2ccc(F)c(F)c2)C1. The van der Waals surface area contributed by atoms with E-state index in [2.05, 4.69) is 63.8 Å². The molecular formula is C81H102Br2Cl6F4N12O18S6. The Morgan fingerprint density at radius 1 is 0.295 bits per heavy atom. The van der Waals surface area contributed by atoms with Gasteiger partial charge in [0, 0.05) is 128 Å². The average molecular weight is 2170 g/mol. The Kier molecular flexibility index (Phi) is 42.7. The third-order valence-corrected chi connectivity index (χ3v) is 34.5. The molecule has 6 atom stereocenters. The van der Waals surface area contributed by atoms with Crippen LogP contribution in [-0.2, 0) is 88.9 Å². The first-order valence-corrected chi connectivity index (χ1v) is 54.9. The van der Waals surface area contributed by atoms with Crippen LogP contribution in [0, 0.1) is 58.8 Å². The smallest absolute Gasteiger partial charge is 0.228 e. The number of piperidine rings is 6. The average Bonchev–Trinajstić information content (AvgIpc) is 0.825. The number of rotatable bonds is 21. The van der Waals surface area contributed by atoms with Gasteiger partial charge in [0.2, 0.25) is 95.6 Å². The van der Waals surface area contributed by atoms with Crippen molar-refractivity contribution in [1.82, 2.24) is 25.8 Å². The van der Waals surface area contributed by atoms with Crippen molar-refractivity contribution in [2.75, 3.05) is 146 Å². The van der Waals surface area contributed by atoms with E-state index < -0.39 is 107 Å². The predicted octanol–water partition coefficient (Wildman–Crippen LogP) is 15.0. The molecule has 0 radical (unpaired) electrons. The van der Waals surface area contributed by atoms with Gasteiger partial charge >= 0.3 is 0 Å². The Balaban J connectivity index is 0.000000212. The van der Waals surface area contributed by atoms with E-state index in [0.29, 0.717) is 169 Å². The Bertz CT molecular complexity index is 5190. The van der Waals surface area contributed by atoms with Gasteiger partial charge in [0.25, 0.3) is 0 Å². The minimum Gasteiger partial charge on any atom is -0.326 e. The zero-order valence-electron chi connectivity index (χ0n) is 71.0. The van der Waals surface area contributed by atoms with Crippen molar-refractivity contribution in [3.05, 3.63) is 172 Å². The largest absolute Gasteiger partial charge is 0.326 e. The molecule has 30 nitrogen and oxygen atoms in total. The lowest BCUT2D eigenvalue weighted by Gasteiger charge is -2.30. The van der Waals surface area contributed by atoms with E-state index in [1.807, 2.05) is 0 Å². The molecule has 0 saturated carbocycles. The van der Waals surface area contributed by atoms with E-state index in [-0.39, 0.29) is 120 Å². The van der Waals surface area contributed by atoms with Crippen molar-refractivity contribution in [3.63, 3.8) is 0 Å². The zero-order chi connectivity index (χ0) is 95.8. The number of sulfonamides is 6. The topological polar surface area (TPSA) is 399 Å². The second-order valence-corrected chi connectivity index (χ2v) is 47.8. The van der Waals surface area contributed by atoms with Gasteiger partial charge in [-0.25, -0.2) is 93.9 Å². The molecule has 6 aromatic rings. The summed E-state index contributed by atoms with van der Waals surface area (Å²) in [5.41, 5.74) is 2.64. The molecule has 6 aromatic carbocycles. The van der Waals surface area contributed by atoms with Gasteiger partial charge in [-0.3, -0.25) is 28.8 Å². The standard InChI is InChI=1S/C14H18Cl2N2O3S.2C14H18ClFN2O3S.2C13H16BrClN2O3S.C13H16F2N2O3S/c1-2-22(20,21)18-7-3-4-10(9-18)14(19)17-11-5-6-12(15)13(16)8-11;1-2-22(20,21)18-7-3-4-10(9-18)14(19)17-11-5-6-13(16)12(15)8-11;1-2-22(20,21)18-7-3-4-10(9-18)14(19)17-11-5-6-12(15)13(16)8-11;1-21(19,20)17-6-2-3-9(8-17)13(18)16-10-4-5-12(15)11(14)7-10;2*1-21(19,20)17-6-2-3-9(8-17)13(18)16-10-4-5-11(14)12(15)7-10/h3*5-6,8,10H,2-4,7,9H2,1H3,(H,17,19);3*4-5,7,9H,2-3,6,8H2,1H3,(H,16,18). The third-order valence-electron chi connectivity index (χ3n) is 21.3. The maximum absolute atomic E-state index is 13.4. The summed E-state index contributed by atoms with van der Waals surface area (Å²) >= 11 is 41.5. The van der Waals surface area contributed by atoms with Crippen LogP contribution in [0.4, 0.5) is 51.7 Å². The van der Waals surface area contributed by atoms with E-state index in [4.69, 9.17) is 69.6 Å². The van der Waals surface area contributed by atoms with Crippen LogP contribution in [0.2, 0.25) is 30.1 Å². The number of halogens is 12. The molecule has 0 bridgehead atoms. The lowest BCUT2D eigenvalue weighted by molar-refractivity contribution is -0.121. The van der Waals surface area contributed by atoms with Crippen LogP contribution < -0.4 is 31.9 Å². The molecule has 6 saturated heterocycles. The fourth-order valence-electron chi connectivity index (χ4n) is 14.1. The van der Waals surface area contributed by atoms with Gasteiger partial charge in [0.05, 0.1) is 102 Å². The van der Waals surface area contributed by atoms with Gasteiger partial charge in [-0.15, -0.1) is 0 Å². The summed E-state index contributed by atoms with van der Waals surface area (Å²) in [5, 5.41) is 17.9. The summed E-state index contributed by atoms with van der Waals surface area (Å²) in [5.74, 6) is -7.02. The molecule has 6 heterocycles. The molecule has 6 aliphatic rings. The van der Waals surface area contributed by atoms with Gasteiger partial charge in [-0.2, -0.15) is 0 Å². The molecule has 0 aliphatic carbocycles. The number of nitrogens with zero attached hydrogens (tertiary/aromatic N) is 6. The molecular weight excluding hydrogens is 2070 g/mol. The van der Waals surface area contributed by atoms with Gasteiger partial charge in [0.15, 0.2) is 11.6 Å². The van der Waals surface area contributed by atoms with Gasteiger partial charge in [0.1, 0.15) is 11.6 Å². The van der Waals surface area contributed by atoms with Crippen molar-refractivity contribution >= 4 is 231 Å². The fourth-order valence-corrected chi connectivity index (χ4v) is 21.8. The summed E-state index contributed by atoms with van der Waals surface area (Å²) in [6, 6.07) is 26.1. The van der Waals surface area contributed by atoms with Crippen LogP contribution in [-0.4, -0.2) is 226 Å². The fraction of sp³-hybridized carbons (Fsp3) is 0.481. The number of benzene rings is 6. The molecule has 48 heteroatoms. The second kappa shape index (κ2) is 50.0. The van der Waals surface area contributed by atoms with E-state index in [0.717, 1.165) is 28.9 Å². The number of amides is 6. The molecule has 12 rings (SSSR count). The van der Waals surface area contributed by atoms with E-state index >= 15 is 0 Å². The van der Waals surface area contributed by atoms with Gasteiger partial charge in [-0.05, 0) is 233 Å². The number of hydrogen-bond acceptors (Lipinski definition) is 18. The Labute approximate surface area is 798 Å². The van der Waals surface area contributed by atoms with Gasteiger partial charge in [-0.1, -0.05) is 69.6 Å². The van der Waals surface area contributed by atoms with E-state index in [1.165, 1.54) is 74.7 Å². The maximum atomic E-state index is 13.4. The number of hydrogen-bond donors (Lipinski definition) is 6. The molecule has 714 valence electrons. The molecule has 0 aromatic heterocycles. The van der Waals surface area contributed by atoms with Crippen LogP contribution in [0.25, 0.3) is 0 Å². The van der Waals surface area contributed by atoms with Crippen LogP contribution >= 0.6 is 101 Å². The molecule has 6 amide bonds. The van der Waals surface area contributed by atoms with Crippen molar-refractivity contribution in [2.24, 2.45) is 35.5 Å². The zero-order valence-corrected chi connectivity index (χ0v) is 83.6. The normalized spacial score (nSPS) is 20.0. The molecule has 6 fully saturated rings. The third kappa shape index (κ3) is 34.7. The van der Waals surface area contributed by atoms with Crippen molar-refractivity contribution in [3.8, 4) is 0 Å². The van der Waals surface area contributed by atoms with Crippen LogP contribution in [0.15, 0.2) is 118 Å². The highest BCUT2D eigenvalue weighted by Crippen LogP contribution is 2.34. The minimum atomic E-state index is -3.33. The van der Waals surface area contributed by atoms with E-state index in [9.17, 15) is 96.8 Å². The number of carbonyl (C=O) groups is 6. The Morgan fingerprint density at radius 3 is 0.822 bits per heavy atom. The highest BCUT2D eigenvalue weighted by Gasteiger charge is 2.38. The maximum Gasteiger partial charge on any atom is 0.228 e. The van der Waals surface area contributed by atoms with Crippen molar-refractivity contribution in [2.45, 2.75) is 97.8 Å². The van der Waals surface area contributed by atoms with Crippen LogP contribution in [0.3, 0.4) is 0 Å². The second-order valence-electron chi connectivity index (χ2n) is 30.9. The first-order chi connectivity index (χ1) is 60.3. The summed E-state index contributed by atoms with van der Waals surface area (Å²) in [7, 11) is -19.7. The lowest BCUT2D eigenvalue weighted by atomic mass is 9.98. The van der Waals surface area contributed by atoms with E-state index in [1.54, 1.807) is 75.4 Å².